The second kappa shape index (κ2) is 9.77. The third kappa shape index (κ3) is 4.17. The Morgan fingerprint density at radius 3 is 2.28 bits per heavy atom. The van der Waals surface area contributed by atoms with Crippen molar-refractivity contribution in [1.29, 1.82) is 0 Å². The molecule has 1 aliphatic rings. The van der Waals surface area contributed by atoms with E-state index in [0.717, 1.165) is 33.7 Å². The predicted octanol–water partition coefficient (Wildman–Crippen LogP) is 5.20. The fourth-order valence-electron chi connectivity index (χ4n) is 4.78. The summed E-state index contributed by atoms with van der Waals surface area (Å²) in [5.41, 5.74) is 6.45. The Kier molecular flexibility index (Phi) is 6.38. The molecular formula is C29H29N3O4. The molecule has 7 heteroatoms. The third-order valence-electron chi connectivity index (χ3n) is 6.71. The first-order chi connectivity index (χ1) is 17.5. The first-order valence-corrected chi connectivity index (χ1v) is 11.8. The average Bonchev–Trinajstić information content (AvgIpc) is 3.46. The highest BCUT2D eigenvalue weighted by Crippen LogP contribution is 2.43. The van der Waals surface area contributed by atoms with Gasteiger partial charge in [-0.1, -0.05) is 48.0 Å². The van der Waals surface area contributed by atoms with Crippen LogP contribution in [0, 0.1) is 6.92 Å². The molecule has 0 spiro atoms. The molecule has 1 aromatic heterocycles. The van der Waals surface area contributed by atoms with E-state index >= 15 is 0 Å². The Bertz CT molecular complexity index is 1380. The van der Waals surface area contributed by atoms with Crippen LogP contribution in [0.15, 0.2) is 66.7 Å². The third-order valence-corrected chi connectivity index (χ3v) is 6.71. The number of fused-ring (bicyclic) bond motifs is 1. The van der Waals surface area contributed by atoms with Gasteiger partial charge in [-0.25, -0.2) is 0 Å². The zero-order valence-corrected chi connectivity index (χ0v) is 20.9. The van der Waals surface area contributed by atoms with E-state index in [4.69, 9.17) is 14.2 Å². The van der Waals surface area contributed by atoms with Crippen LogP contribution in [0.3, 0.4) is 0 Å². The molecule has 0 radical (unpaired) electrons. The summed E-state index contributed by atoms with van der Waals surface area (Å²) in [4.78, 5) is 15.5. The molecule has 0 saturated heterocycles. The number of aromatic amines is 1. The van der Waals surface area contributed by atoms with Crippen molar-refractivity contribution in [3.05, 3.63) is 94.7 Å². The molecule has 0 aliphatic carbocycles. The molecule has 1 aliphatic heterocycles. The highest BCUT2D eigenvalue weighted by Gasteiger charge is 2.41. The maximum absolute atomic E-state index is 13.6. The molecule has 0 fully saturated rings. The topological polar surface area (TPSA) is 76.7 Å². The van der Waals surface area contributed by atoms with Gasteiger partial charge in [0.05, 0.1) is 33.1 Å². The zero-order valence-electron chi connectivity index (χ0n) is 20.9. The van der Waals surface area contributed by atoms with Gasteiger partial charge in [-0.15, -0.1) is 0 Å². The molecule has 2 heterocycles. The maximum Gasteiger partial charge on any atom is 0.273 e. The van der Waals surface area contributed by atoms with E-state index in [9.17, 15) is 4.79 Å². The number of H-pyrrole nitrogens is 1. The molecule has 5 rings (SSSR count). The van der Waals surface area contributed by atoms with Crippen molar-refractivity contribution in [2.24, 2.45) is 0 Å². The minimum atomic E-state index is -0.270. The summed E-state index contributed by atoms with van der Waals surface area (Å²) in [6, 6.07) is 21.7. The Hall–Kier alpha value is -4.26. The Balaban J connectivity index is 1.52. The number of carbonyl (C=O) groups is 1. The molecule has 1 atom stereocenters. The number of nitrogens with zero attached hydrogens (tertiary/aromatic N) is 2. The number of aryl methyl sites for hydroxylation is 1. The van der Waals surface area contributed by atoms with E-state index in [1.54, 1.807) is 21.3 Å². The number of hydrogen-bond acceptors (Lipinski definition) is 5. The van der Waals surface area contributed by atoms with Gasteiger partial charge >= 0.3 is 0 Å². The SMILES string of the molecule is COc1ccc(C2c3c(-c4ccc(C)cc4)n[nH]c3C(=O)N2CCc2ccc(OC)c(OC)c2)cc1. The van der Waals surface area contributed by atoms with Crippen LogP contribution < -0.4 is 14.2 Å². The van der Waals surface area contributed by atoms with Crippen LogP contribution in [-0.4, -0.2) is 48.9 Å². The van der Waals surface area contributed by atoms with Crippen molar-refractivity contribution in [2.45, 2.75) is 19.4 Å². The lowest BCUT2D eigenvalue weighted by atomic mass is 9.95. The molecule has 0 bridgehead atoms. The zero-order chi connectivity index (χ0) is 25.2. The van der Waals surface area contributed by atoms with E-state index in [1.807, 2.05) is 59.5 Å². The second-order valence-corrected chi connectivity index (χ2v) is 8.84. The monoisotopic (exact) mass is 483 g/mol. The van der Waals surface area contributed by atoms with E-state index in [0.29, 0.717) is 30.2 Å². The average molecular weight is 484 g/mol. The summed E-state index contributed by atoms with van der Waals surface area (Å²) in [6.45, 7) is 2.58. The maximum atomic E-state index is 13.6. The molecule has 1 N–H and O–H groups in total. The quantitative estimate of drug-likeness (QED) is 0.373. The van der Waals surface area contributed by atoms with Crippen LogP contribution in [0.1, 0.15) is 38.8 Å². The summed E-state index contributed by atoms with van der Waals surface area (Å²) in [5.74, 6) is 2.06. The van der Waals surface area contributed by atoms with Gasteiger partial charge in [0, 0.05) is 17.7 Å². The number of aromatic nitrogens is 2. The van der Waals surface area contributed by atoms with Crippen molar-refractivity contribution >= 4 is 5.91 Å². The van der Waals surface area contributed by atoms with E-state index in [-0.39, 0.29) is 11.9 Å². The van der Waals surface area contributed by atoms with Crippen molar-refractivity contribution in [2.75, 3.05) is 27.9 Å². The fourth-order valence-corrected chi connectivity index (χ4v) is 4.78. The number of amides is 1. The molecule has 1 unspecified atom stereocenters. The number of methoxy groups -OCH3 is 3. The summed E-state index contributed by atoms with van der Waals surface area (Å²) in [5, 5.41) is 7.59. The molecule has 184 valence electrons. The van der Waals surface area contributed by atoms with Crippen LogP contribution in [0.4, 0.5) is 0 Å². The lowest BCUT2D eigenvalue weighted by Crippen LogP contribution is -2.31. The van der Waals surface area contributed by atoms with Crippen LogP contribution >= 0.6 is 0 Å². The number of hydrogen-bond donors (Lipinski definition) is 1. The number of ether oxygens (including phenoxy) is 3. The first-order valence-electron chi connectivity index (χ1n) is 11.8. The van der Waals surface area contributed by atoms with Gasteiger partial charge in [0.15, 0.2) is 11.5 Å². The molecule has 0 saturated carbocycles. The molecule has 3 aromatic carbocycles. The van der Waals surface area contributed by atoms with Gasteiger partial charge in [0.2, 0.25) is 0 Å². The van der Waals surface area contributed by atoms with E-state index in [2.05, 4.69) is 29.3 Å². The first kappa shape index (κ1) is 23.5. The van der Waals surface area contributed by atoms with Crippen molar-refractivity contribution in [3.63, 3.8) is 0 Å². The second-order valence-electron chi connectivity index (χ2n) is 8.84. The van der Waals surface area contributed by atoms with Crippen molar-refractivity contribution in [1.82, 2.24) is 15.1 Å². The predicted molar refractivity (Wildman–Crippen MR) is 138 cm³/mol. The summed E-state index contributed by atoms with van der Waals surface area (Å²) in [7, 11) is 4.89. The lowest BCUT2D eigenvalue weighted by molar-refractivity contribution is 0.0746. The van der Waals surface area contributed by atoms with E-state index < -0.39 is 0 Å². The highest BCUT2D eigenvalue weighted by molar-refractivity contribution is 6.00. The summed E-state index contributed by atoms with van der Waals surface area (Å²) >= 11 is 0. The van der Waals surface area contributed by atoms with Gasteiger partial charge < -0.3 is 19.1 Å². The summed E-state index contributed by atoms with van der Waals surface area (Å²) < 4.78 is 16.2. The van der Waals surface area contributed by atoms with Gasteiger partial charge in [-0.3, -0.25) is 9.89 Å². The normalized spacial score (nSPS) is 14.6. The van der Waals surface area contributed by atoms with Crippen LogP contribution in [0.5, 0.6) is 17.2 Å². The Morgan fingerprint density at radius 2 is 1.61 bits per heavy atom. The Labute approximate surface area is 210 Å². The lowest BCUT2D eigenvalue weighted by Gasteiger charge is -2.26. The molecule has 36 heavy (non-hydrogen) atoms. The van der Waals surface area contributed by atoms with Crippen LogP contribution in [0.25, 0.3) is 11.3 Å². The van der Waals surface area contributed by atoms with Gasteiger partial charge in [-0.2, -0.15) is 5.10 Å². The molecular weight excluding hydrogens is 454 g/mol. The minimum absolute atomic E-state index is 0.0582. The highest BCUT2D eigenvalue weighted by atomic mass is 16.5. The number of nitrogens with one attached hydrogen (secondary N) is 1. The molecule has 1 amide bonds. The van der Waals surface area contributed by atoms with Crippen molar-refractivity contribution in [3.8, 4) is 28.5 Å². The van der Waals surface area contributed by atoms with Gasteiger partial charge in [-0.05, 0) is 48.7 Å². The number of benzene rings is 3. The minimum Gasteiger partial charge on any atom is -0.497 e. The fraction of sp³-hybridized carbons (Fsp3) is 0.241. The number of carbonyl (C=O) groups excluding carboxylic acids is 1. The molecule has 4 aromatic rings. The van der Waals surface area contributed by atoms with Gasteiger partial charge in [0.1, 0.15) is 11.4 Å². The number of rotatable bonds is 8. The Morgan fingerprint density at radius 1 is 0.889 bits per heavy atom. The van der Waals surface area contributed by atoms with Crippen LogP contribution in [-0.2, 0) is 6.42 Å². The van der Waals surface area contributed by atoms with Crippen molar-refractivity contribution < 1.29 is 19.0 Å². The largest absolute Gasteiger partial charge is 0.497 e. The smallest absolute Gasteiger partial charge is 0.273 e. The van der Waals surface area contributed by atoms with E-state index in [1.165, 1.54) is 5.56 Å². The summed E-state index contributed by atoms with van der Waals surface area (Å²) in [6.07, 6.45) is 0.663. The van der Waals surface area contributed by atoms with Gasteiger partial charge in [0.25, 0.3) is 5.91 Å². The van der Waals surface area contributed by atoms with Crippen LogP contribution in [0.2, 0.25) is 0 Å². The standard InChI is InChI=1S/C29H29N3O4/c1-18-5-8-20(9-6-18)26-25-27(31-30-26)29(33)32(28(25)21-10-12-22(34-2)13-11-21)16-15-19-7-14-23(35-3)24(17-19)36-4/h5-14,17,28H,15-16H2,1-4H3,(H,30,31). The molecule has 7 nitrogen and oxygen atoms in total.